The molecule has 2 heterocycles. The van der Waals surface area contributed by atoms with Gasteiger partial charge in [0.05, 0.1) is 12.6 Å². The van der Waals surface area contributed by atoms with Crippen molar-refractivity contribution in [3.05, 3.63) is 28.6 Å². The van der Waals surface area contributed by atoms with Gasteiger partial charge in [-0.1, -0.05) is 12.1 Å². The van der Waals surface area contributed by atoms with Gasteiger partial charge in [-0.05, 0) is 34.5 Å². The summed E-state index contributed by atoms with van der Waals surface area (Å²) in [5.41, 5.74) is 6.53. The van der Waals surface area contributed by atoms with E-state index in [9.17, 15) is 0 Å². The quantitative estimate of drug-likeness (QED) is 0.819. The Labute approximate surface area is 119 Å². The van der Waals surface area contributed by atoms with Crippen LogP contribution in [0.4, 0.5) is 0 Å². The number of rotatable bonds is 6. The van der Waals surface area contributed by atoms with E-state index in [4.69, 9.17) is 15.0 Å². The van der Waals surface area contributed by atoms with E-state index in [1.807, 2.05) is 13.0 Å². The molecular weight excluding hydrogens is 312 g/mol. The summed E-state index contributed by atoms with van der Waals surface area (Å²) in [5, 5.41) is 3.85. The maximum Gasteiger partial charge on any atom is 0.276 e. The molecule has 0 radical (unpaired) electrons. The van der Waals surface area contributed by atoms with Gasteiger partial charge < -0.3 is 15.0 Å². The Kier molecular flexibility index (Phi) is 5.00. The summed E-state index contributed by atoms with van der Waals surface area (Å²) in [4.78, 5) is 8.41. The minimum absolute atomic E-state index is 0.355. The molecule has 7 heteroatoms. The van der Waals surface area contributed by atoms with Crippen molar-refractivity contribution in [2.24, 2.45) is 5.73 Å². The van der Waals surface area contributed by atoms with Crippen molar-refractivity contribution < 1.29 is 9.26 Å². The first-order valence-electron chi connectivity index (χ1n) is 5.99. The van der Waals surface area contributed by atoms with E-state index in [0.717, 1.165) is 10.9 Å². The van der Waals surface area contributed by atoms with Crippen LogP contribution in [0.3, 0.4) is 0 Å². The number of halogens is 1. The lowest BCUT2D eigenvalue weighted by Crippen LogP contribution is -2.18. The molecule has 2 rings (SSSR count). The topological polar surface area (TPSA) is 87.1 Å². The number of pyridine rings is 1. The van der Waals surface area contributed by atoms with E-state index in [-0.39, 0.29) is 6.04 Å². The summed E-state index contributed by atoms with van der Waals surface area (Å²) in [7, 11) is 0. The number of nitrogens with two attached hydrogens (primary N) is 1. The second-order valence-corrected chi connectivity index (χ2v) is 4.92. The first-order chi connectivity index (χ1) is 9.20. The molecule has 0 aromatic carbocycles. The molecule has 0 aliphatic heterocycles. The van der Waals surface area contributed by atoms with Gasteiger partial charge in [0, 0.05) is 17.3 Å². The highest BCUT2D eigenvalue weighted by Crippen LogP contribution is 2.18. The van der Waals surface area contributed by atoms with Crippen molar-refractivity contribution in [1.29, 1.82) is 0 Å². The molecule has 0 saturated heterocycles. The van der Waals surface area contributed by atoms with Crippen molar-refractivity contribution in [1.82, 2.24) is 15.1 Å². The van der Waals surface area contributed by atoms with Crippen molar-refractivity contribution >= 4 is 15.9 Å². The lowest BCUT2D eigenvalue weighted by atomic mass is 10.3. The van der Waals surface area contributed by atoms with Crippen LogP contribution in [0.15, 0.2) is 27.3 Å². The van der Waals surface area contributed by atoms with Crippen LogP contribution in [-0.2, 0) is 4.74 Å². The SMILES string of the molecule is CCCOCC(N)c1noc(-c2ccc(Br)cn2)n1. The fraction of sp³-hybridized carbons (Fsp3) is 0.417. The molecule has 2 aromatic rings. The van der Waals surface area contributed by atoms with Gasteiger partial charge in [-0.3, -0.25) is 0 Å². The van der Waals surface area contributed by atoms with Crippen LogP contribution in [0.1, 0.15) is 25.2 Å². The molecular formula is C12H15BrN4O2. The van der Waals surface area contributed by atoms with Crippen molar-refractivity contribution in [3.8, 4) is 11.6 Å². The van der Waals surface area contributed by atoms with Crippen LogP contribution in [-0.4, -0.2) is 28.3 Å². The zero-order valence-corrected chi connectivity index (χ0v) is 12.1. The lowest BCUT2D eigenvalue weighted by molar-refractivity contribution is 0.119. The van der Waals surface area contributed by atoms with E-state index >= 15 is 0 Å². The third-order valence-electron chi connectivity index (χ3n) is 2.37. The first-order valence-corrected chi connectivity index (χ1v) is 6.79. The van der Waals surface area contributed by atoms with Crippen LogP contribution in [0.2, 0.25) is 0 Å². The van der Waals surface area contributed by atoms with Crippen LogP contribution < -0.4 is 5.73 Å². The van der Waals surface area contributed by atoms with Crippen LogP contribution in [0.25, 0.3) is 11.6 Å². The van der Waals surface area contributed by atoms with E-state index in [1.165, 1.54) is 0 Å². The molecule has 2 aromatic heterocycles. The standard InChI is InChI=1S/C12H15BrN4O2/c1-2-5-18-7-9(14)11-16-12(19-17-11)10-4-3-8(13)6-15-10/h3-4,6,9H,2,5,7,14H2,1H3. The molecule has 0 saturated carbocycles. The summed E-state index contributed by atoms with van der Waals surface area (Å²) in [6.07, 6.45) is 2.62. The fourth-order valence-electron chi connectivity index (χ4n) is 1.42. The third kappa shape index (κ3) is 3.82. The van der Waals surface area contributed by atoms with Crippen LogP contribution in [0.5, 0.6) is 0 Å². The molecule has 0 bridgehead atoms. The molecule has 0 aliphatic carbocycles. The van der Waals surface area contributed by atoms with Crippen molar-refractivity contribution in [2.75, 3.05) is 13.2 Å². The van der Waals surface area contributed by atoms with Crippen LogP contribution in [0, 0.1) is 0 Å². The number of ether oxygens (including phenoxy) is 1. The molecule has 19 heavy (non-hydrogen) atoms. The van der Waals surface area contributed by atoms with Gasteiger partial charge in [-0.15, -0.1) is 0 Å². The number of nitrogens with zero attached hydrogens (tertiary/aromatic N) is 3. The van der Waals surface area contributed by atoms with Gasteiger partial charge in [0.1, 0.15) is 5.69 Å². The number of hydrogen-bond donors (Lipinski definition) is 1. The second-order valence-electron chi connectivity index (χ2n) is 4.00. The predicted molar refractivity (Wildman–Crippen MR) is 73.3 cm³/mol. The van der Waals surface area contributed by atoms with E-state index in [0.29, 0.717) is 30.6 Å². The molecule has 1 unspecified atom stereocenters. The maximum atomic E-state index is 5.91. The molecule has 102 valence electrons. The molecule has 2 N–H and O–H groups in total. The summed E-state index contributed by atoms with van der Waals surface area (Å²) in [6, 6.07) is 3.26. The predicted octanol–water partition coefficient (Wildman–Crippen LogP) is 2.32. The Morgan fingerprint density at radius 1 is 1.47 bits per heavy atom. The largest absolute Gasteiger partial charge is 0.379 e. The Bertz CT molecular complexity index is 515. The average Bonchev–Trinajstić information content (AvgIpc) is 2.89. The highest BCUT2D eigenvalue weighted by molar-refractivity contribution is 9.10. The molecule has 0 spiro atoms. The first kappa shape index (κ1) is 14.1. The Hall–Kier alpha value is -1.31. The zero-order valence-electron chi connectivity index (χ0n) is 10.5. The van der Waals surface area contributed by atoms with Gasteiger partial charge in [-0.2, -0.15) is 4.98 Å². The molecule has 6 nitrogen and oxygen atoms in total. The van der Waals surface area contributed by atoms with Gasteiger partial charge in [-0.25, -0.2) is 4.98 Å². The molecule has 0 amide bonds. The molecule has 0 fully saturated rings. The summed E-state index contributed by atoms with van der Waals surface area (Å²) >= 11 is 3.32. The number of aromatic nitrogens is 3. The Morgan fingerprint density at radius 2 is 2.32 bits per heavy atom. The Morgan fingerprint density at radius 3 is 3.00 bits per heavy atom. The summed E-state index contributed by atoms with van der Waals surface area (Å²) < 4.78 is 11.4. The van der Waals surface area contributed by atoms with Gasteiger partial charge in [0.15, 0.2) is 5.82 Å². The van der Waals surface area contributed by atoms with Gasteiger partial charge >= 0.3 is 0 Å². The van der Waals surface area contributed by atoms with Crippen molar-refractivity contribution in [2.45, 2.75) is 19.4 Å². The summed E-state index contributed by atoms with van der Waals surface area (Å²) in [6.45, 7) is 3.09. The minimum Gasteiger partial charge on any atom is -0.379 e. The van der Waals surface area contributed by atoms with E-state index in [2.05, 4.69) is 31.1 Å². The Balaban J connectivity index is 2.04. The second kappa shape index (κ2) is 6.74. The average molecular weight is 327 g/mol. The summed E-state index contributed by atoms with van der Waals surface area (Å²) in [5.74, 6) is 0.782. The molecule has 0 aliphatic rings. The minimum atomic E-state index is -0.389. The lowest BCUT2D eigenvalue weighted by Gasteiger charge is -2.06. The van der Waals surface area contributed by atoms with E-state index in [1.54, 1.807) is 12.3 Å². The monoisotopic (exact) mass is 326 g/mol. The number of hydrogen-bond acceptors (Lipinski definition) is 6. The van der Waals surface area contributed by atoms with Gasteiger partial charge in [0.2, 0.25) is 0 Å². The van der Waals surface area contributed by atoms with E-state index < -0.39 is 0 Å². The third-order valence-corrected chi connectivity index (χ3v) is 2.83. The highest BCUT2D eigenvalue weighted by atomic mass is 79.9. The normalized spacial score (nSPS) is 12.6. The van der Waals surface area contributed by atoms with Crippen LogP contribution >= 0.6 is 15.9 Å². The van der Waals surface area contributed by atoms with Gasteiger partial charge in [0.25, 0.3) is 5.89 Å². The maximum absolute atomic E-state index is 5.91. The highest BCUT2D eigenvalue weighted by Gasteiger charge is 2.16. The zero-order chi connectivity index (χ0) is 13.7. The fourth-order valence-corrected chi connectivity index (χ4v) is 1.66. The molecule has 1 atom stereocenters. The smallest absolute Gasteiger partial charge is 0.276 e. The van der Waals surface area contributed by atoms with Crippen molar-refractivity contribution in [3.63, 3.8) is 0 Å².